The molecule has 8 heteroatoms. The maximum Gasteiger partial charge on any atom is 0.305 e. The third kappa shape index (κ3) is 5.46. The molecule has 2 N–H and O–H groups in total. The fourth-order valence-corrected chi connectivity index (χ4v) is 2.37. The molecule has 1 aromatic rings. The largest absolute Gasteiger partial charge is 0.481 e. The number of carboxylic acids is 2. The number of benzene rings is 1. The molecule has 0 atom stereocenters. The first kappa shape index (κ1) is 20.4. The van der Waals surface area contributed by atoms with Gasteiger partial charge in [-0.3, -0.25) is 14.6 Å². The summed E-state index contributed by atoms with van der Waals surface area (Å²) < 4.78 is 0. The van der Waals surface area contributed by atoms with E-state index < -0.39 is 11.9 Å². The van der Waals surface area contributed by atoms with Gasteiger partial charge in [0.1, 0.15) is 12.1 Å². The summed E-state index contributed by atoms with van der Waals surface area (Å²) in [7, 11) is 0. The molecule has 0 saturated carbocycles. The number of carbonyl (C=O) groups is 2. The Labute approximate surface area is 150 Å². The Bertz CT molecular complexity index is 813. The molecule has 0 heterocycles. The molecule has 0 fully saturated rings. The van der Waals surface area contributed by atoms with Gasteiger partial charge in [0.25, 0.3) is 0 Å². The van der Waals surface area contributed by atoms with Crippen molar-refractivity contribution in [3.05, 3.63) is 35.0 Å². The fraction of sp³-hybridized carbons (Fsp3) is 0.278. The highest BCUT2D eigenvalue weighted by Gasteiger charge is 2.15. The van der Waals surface area contributed by atoms with Gasteiger partial charge in [-0.15, -0.1) is 0 Å². The molecule has 0 amide bonds. The standard InChI is InChI=1S/C18H18N4O4/c1-12-9-13(22(7-5-17(23)24)8-6-18(25)26)3-4-14(12)15(10-19)16(11-20)21-2/h3-4,9H,2,5-8H2,1H3,(H,23,24)(H,25,26). The molecular formula is C18H18N4O4. The molecule has 26 heavy (non-hydrogen) atoms. The Kier molecular flexibility index (Phi) is 7.53. The van der Waals surface area contributed by atoms with Gasteiger partial charge in [-0.2, -0.15) is 10.5 Å². The van der Waals surface area contributed by atoms with Gasteiger partial charge in [0.15, 0.2) is 5.70 Å². The summed E-state index contributed by atoms with van der Waals surface area (Å²) >= 11 is 0. The molecule has 134 valence electrons. The molecule has 1 rings (SSSR count). The van der Waals surface area contributed by atoms with E-state index in [1.54, 1.807) is 30.0 Å². The number of aliphatic imine (C=N–C) groups is 1. The van der Waals surface area contributed by atoms with E-state index in [1.165, 1.54) is 0 Å². The van der Waals surface area contributed by atoms with E-state index >= 15 is 0 Å². The molecule has 0 unspecified atom stereocenters. The number of nitrogens with zero attached hydrogens (tertiary/aromatic N) is 4. The molecule has 0 radical (unpaired) electrons. The number of rotatable bonds is 9. The Balaban J connectivity index is 3.26. The summed E-state index contributed by atoms with van der Waals surface area (Å²) in [6, 6.07) is 8.76. The van der Waals surface area contributed by atoms with Crippen LogP contribution in [0.15, 0.2) is 28.9 Å². The second-order valence-electron chi connectivity index (χ2n) is 5.38. The van der Waals surface area contributed by atoms with E-state index in [0.717, 1.165) is 0 Å². The lowest BCUT2D eigenvalue weighted by Gasteiger charge is -2.24. The van der Waals surface area contributed by atoms with Crippen molar-refractivity contribution in [3.63, 3.8) is 0 Å². The minimum atomic E-state index is -0.982. The molecular weight excluding hydrogens is 336 g/mol. The topological polar surface area (TPSA) is 138 Å². The van der Waals surface area contributed by atoms with Crippen LogP contribution in [0.25, 0.3) is 5.57 Å². The molecule has 8 nitrogen and oxygen atoms in total. The Hall–Kier alpha value is -3.65. The Morgan fingerprint density at radius 3 is 2.12 bits per heavy atom. The molecule has 0 spiro atoms. The van der Waals surface area contributed by atoms with Crippen LogP contribution in [0.4, 0.5) is 5.69 Å². The van der Waals surface area contributed by atoms with Crippen LogP contribution in [0.1, 0.15) is 24.0 Å². The minimum Gasteiger partial charge on any atom is -0.481 e. The molecule has 0 aliphatic rings. The molecule has 0 aromatic heterocycles. The number of carboxylic acid groups (broad SMARTS) is 2. The van der Waals surface area contributed by atoms with Crippen molar-refractivity contribution in [2.24, 2.45) is 4.99 Å². The van der Waals surface area contributed by atoms with Gasteiger partial charge in [-0.25, -0.2) is 0 Å². The second-order valence-corrected chi connectivity index (χ2v) is 5.38. The number of hydrogen-bond acceptors (Lipinski definition) is 6. The van der Waals surface area contributed by atoms with Gasteiger partial charge in [-0.1, -0.05) is 6.07 Å². The first-order chi connectivity index (χ1) is 12.3. The maximum atomic E-state index is 10.8. The average Bonchev–Trinajstić information content (AvgIpc) is 2.59. The van der Waals surface area contributed by atoms with E-state index in [4.69, 9.17) is 15.5 Å². The van der Waals surface area contributed by atoms with Crippen LogP contribution in [-0.2, 0) is 9.59 Å². The maximum absolute atomic E-state index is 10.8. The number of allylic oxidation sites excluding steroid dienone is 2. The van der Waals surface area contributed by atoms with Crippen molar-refractivity contribution in [1.82, 2.24) is 0 Å². The first-order valence-electron chi connectivity index (χ1n) is 7.64. The normalized spacial score (nSPS) is 10.9. The highest BCUT2D eigenvalue weighted by atomic mass is 16.4. The van der Waals surface area contributed by atoms with E-state index in [0.29, 0.717) is 16.8 Å². The lowest BCUT2D eigenvalue weighted by atomic mass is 9.99. The average molecular weight is 354 g/mol. The fourth-order valence-electron chi connectivity index (χ4n) is 2.37. The van der Waals surface area contributed by atoms with Gasteiger partial charge in [-0.05, 0) is 36.9 Å². The van der Waals surface area contributed by atoms with Gasteiger partial charge >= 0.3 is 11.9 Å². The molecule has 0 saturated heterocycles. The lowest BCUT2D eigenvalue weighted by Crippen LogP contribution is -2.28. The van der Waals surface area contributed by atoms with Crippen LogP contribution in [0, 0.1) is 29.6 Å². The third-order valence-corrected chi connectivity index (χ3v) is 3.65. The highest BCUT2D eigenvalue weighted by Crippen LogP contribution is 2.26. The molecule has 0 aliphatic heterocycles. The van der Waals surface area contributed by atoms with Crippen LogP contribution in [-0.4, -0.2) is 42.0 Å². The van der Waals surface area contributed by atoms with Crippen molar-refractivity contribution < 1.29 is 19.8 Å². The van der Waals surface area contributed by atoms with Gasteiger partial charge < -0.3 is 15.1 Å². The second kappa shape index (κ2) is 9.60. The first-order valence-corrected chi connectivity index (χ1v) is 7.64. The van der Waals surface area contributed by atoms with E-state index in [-0.39, 0.29) is 37.2 Å². The predicted octanol–water partition coefficient (Wildman–Crippen LogP) is 2.21. The van der Waals surface area contributed by atoms with Crippen LogP contribution in [0.2, 0.25) is 0 Å². The summed E-state index contributed by atoms with van der Waals surface area (Å²) in [4.78, 5) is 26.9. The van der Waals surface area contributed by atoms with Gasteiger partial charge in [0, 0.05) is 18.8 Å². The van der Waals surface area contributed by atoms with Crippen molar-refractivity contribution in [2.45, 2.75) is 19.8 Å². The van der Waals surface area contributed by atoms with Crippen LogP contribution in [0.3, 0.4) is 0 Å². The number of aliphatic carboxylic acids is 2. The Morgan fingerprint density at radius 1 is 1.15 bits per heavy atom. The zero-order valence-electron chi connectivity index (χ0n) is 14.3. The van der Waals surface area contributed by atoms with Crippen molar-refractivity contribution in [2.75, 3.05) is 18.0 Å². The zero-order chi connectivity index (χ0) is 19.7. The summed E-state index contributed by atoms with van der Waals surface area (Å²) in [6.07, 6.45) is -0.272. The highest BCUT2D eigenvalue weighted by molar-refractivity contribution is 5.84. The van der Waals surface area contributed by atoms with Crippen LogP contribution >= 0.6 is 0 Å². The van der Waals surface area contributed by atoms with Crippen LogP contribution < -0.4 is 4.90 Å². The number of hydrogen-bond donors (Lipinski definition) is 2. The predicted molar refractivity (Wildman–Crippen MR) is 95.6 cm³/mol. The summed E-state index contributed by atoms with van der Waals surface area (Å²) in [6.45, 7) is 5.32. The van der Waals surface area contributed by atoms with Crippen molar-refractivity contribution in [3.8, 4) is 12.1 Å². The smallest absolute Gasteiger partial charge is 0.305 e. The summed E-state index contributed by atoms with van der Waals surface area (Å²) in [5, 5.41) is 36.1. The van der Waals surface area contributed by atoms with Gasteiger partial charge in [0.2, 0.25) is 0 Å². The van der Waals surface area contributed by atoms with E-state index in [1.807, 2.05) is 12.1 Å². The van der Waals surface area contributed by atoms with Gasteiger partial charge in [0.05, 0.1) is 18.4 Å². The molecule has 1 aromatic carbocycles. The summed E-state index contributed by atoms with van der Waals surface area (Å²) in [5.74, 6) is -1.96. The van der Waals surface area contributed by atoms with Crippen LogP contribution in [0.5, 0.6) is 0 Å². The monoisotopic (exact) mass is 354 g/mol. The zero-order valence-corrected chi connectivity index (χ0v) is 14.3. The number of aryl methyl sites for hydroxylation is 1. The minimum absolute atomic E-state index is 0.0861. The molecule has 0 aliphatic carbocycles. The Morgan fingerprint density at radius 2 is 1.73 bits per heavy atom. The number of nitriles is 2. The summed E-state index contributed by atoms with van der Waals surface area (Å²) in [5.41, 5.74) is 1.82. The lowest BCUT2D eigenvalue weighted by molar-refractivity contribution is -0.137. The SMILES string of the molecule is C=NC(C#N)=C(C#N)c1ccc(N(CCC(=O)O)CCC(=O)O)cc1C. The number of anilines is 1. The van der Waals surface area contributed by atoms with Crippen molar-refractivity contribution >= 4 is 29.9 Å². The molecule has 0 bridgehead atoms. The van der Waals surface area contributed by atoms with E-state index in [9.17, 15) is 14.9 Å². The quantitative estimate of drug-likeness (QED) is 0.512. The van der Waals surface area contributed by atoms with E-state index in [2.05, 4.69) is 11.7 Å². The van der Waals surface area contributed by atoms with Crippen molar-refractivity contribution in [1.29, 1.82) is 10.5 Å². The third-order valence-electron chi connectivity index (χ3n) is 3.65.